The molecular formula is C12H22O3. The van der Waals surface area contributed by atoms with E-state index in [1.807, 2.05) is 19.1 Å². The number of allylic oxidation sites excluding steroid dienone is 1. The Kier molecular flexibility index (Phi) is 9.48. The molecule has 0 unspecified atom stereocenters. The van der Waals surface area contributed by atoms with Crippen molar-refractivity contribution in [1.29, 1.82) is 0 Å². The summed E-state index contributed by atoms with van der Waals surface area (Å²) in [5.74, 6) is 0. The van der Waals surface area contributed by atoms with Crippen LogP contribution < -0.4 is 0 Å². The zero-order chi connectivity index (χ0) is 11.5. The third-order valence-electron chi connectivity index (χ3n) is 2.08. The zero-order valence-electron chi connectivity index (χ0n) is 9.34. The standard InChI is InChI=1S/C12H22O3/c1-2-3-6-11(14)7-4-8-12(15)9-5-10-13/h2-4,7,11-15H,5-6,8-10H2,1H3/b3-2+,7-4+/t11-,12+/m1/s1. The fraction of sp³-hybridized carbons (Fsp3) is 0.667. The topological polar surface area (TPSA) is 60.7 Å². The zero-order valence-corrected chi connectivity index (χ0v) is 9.34. The Morgan fingerprint density at radius 2 is 1.87 bits per heavy atom. The van der Waals surface area contributed by atoms with Gasteiger partial charge in [-0.2, -0.15) is 0 Å². The Morgan fingerprint density at radius 1 is 1.13 bits per heavy atom. The Hall–Kier alpha value is -0.640. The van der Waals surface area contributed by atoms with Gasteiger partial charge in [0.1, 0.15) is 0 Å². The van der Waals surface area contributed by atoms with E-state index >= 15 is 0 Å². The lowest BCUT2D eigenvalue weighted by atomic mass is 10.1. The maximum absolute atomic E-state index is 9.41. The molecule has 0 spiro atoms. The quantitative estimate of drug-likeness (QED) is 0.535. The molecule has 3 heteroatoms. The third-order valence-corrected chi connectivity index (χ3v) is 2.08. The van der Waals surface area contributed by atoms with E-state index in [-0.39, 0.29) is 6.61 Å². The van der Waals surface area contributed by atoms with Crippen LogP contribution in [-0.4, -0.2) is 34.1 Å². The molecule has 15 heavy (non-hydrogen) atoms. The molecule has 0 amide bonds. The van der Waals surface area contributed by atoms with E-state index < -0.39 is 12.2 Å². The fourth-order valence-electron chi connectivity index (χ4n) is 1.19. The van der Waals surface area contributed by atoms with Crippen molar-refractivity contribution in [3.05, 3.63) is 24.3 Å². The summed E-state index contributed by atoms with van der Waals surface area (Å²) < 4.78 is 0. The van der Waals surface area contributed by atoms with Crippen molar-refractivity contribution in [3.8, 4) is 0 Å². The van der Waals surface area contributed by atoms with Gasteiger partial charge < -0.3 is 15.3 Å². The van der Waals surface area contributed by atoms with E-state index in [9.17, 15) is 10.2 Å². The predicted molar refractivity (Wildman–Crippen MR) is 61.5 cm³/mol. The highest BCUT2D eigenvalue weighted by atomic mass is 16.3. The summed E-state index contributed by atoms with van der Waals surface area (Å²) in [6.45, 7) is 2.03. The van der Waals surface area contributed by atoms with Crippen molar-refractivity contribution >= 4 is 0 Å². The molecule has 0 saturated carbocycles. The van der Waals surface area contributed by atoms with Crippen LogP contribution in [0.3, 0.4) is 0 Å². The number of aliphatic hydroxyl groups is 3. The van der Waals surface area contributed by atoms with E-state index in [2.05, 4.69) is 0 Å². The highest BCUT2D eigenvalue weighted by Gasteiger charge is 2.01. The lowest BCUT2D eigenvalue weighted by molar-refractivity contribution is 0.152. The summed E-state index contributed by atoms with van der Waals surface area (Å²) in [4.78, 5) is 0. The summed E-state index contributed by atoms with van der Waals surface area (Å²) in [5, 5.41) is 27.4. The third kappa shape index (κ3) is 9.66. The molecule has 2 atom stereocenters. The molecule has 0 fully saturated rings. The molecule has 0 aromatic rings. The first-order valence-corrected chi connectivity index (χ1v) is 5.45. The summed E-state index contributed by atoms with van der Waals surface area (Å²) in [6.07, 6.45) is 8.77. The van der Waals surface area contributed by atoms with Crippen molar-refractivity contribution in [2.75, 3.05) is 6.61 Å². The minimum atomic E-state index is -0.466. The van der Waals surface area contributed by atoms with Gasteiger partial charge >= 0.3 is 0 Å². The van der Waals surface area contributed by atoms with E-state index in [0.29, 0.717) is 25.7 Å². The van der Waals surface area contributed by atoms with Crippen LogP contribution >= 0.6 is 0 Å². The maximum atomic E-state index is 9.41. The predicted octanol–water partition coefficient (Wildman–Crippen LogP) is 1.39. The van der Waals surface area contributed by atoms with Gasteiger partial charge in [0.2, 0.25) is 0 Å². The van der Waals surface area contributed by atoms with Crippen LogP contribution in [0.4, 0.5) is 0 Å². The molecule has 0 rings (SSSR count). The average Bonchev–Trinajstić information content (AvgIpc) is 2.23. The van der Waals surface area contributed by atoms with E-state index in [1.54, 1.807) is 12.2 Å². The highest BCUT2D eigenvalue weighted by Crippen LogP contribution is 2.03. The van der Waals surface area contributed by atoms with Gasteiger partial charge in [0.25, 0.3) is 0 Å². The monoisotopic (exact) mass is 214 g/mol. The molecule has 0 aliphatic heterocycles. The van der Waals surface area contributed by atoms with Gasteiger partial charge in [-0.15, -0.1) is 0 Å². The molecule has 3 nitrogen and oxygen atoms in total. The first-order valence-electron chi connectivity index (χ1n) is 5.45. The van der Waals surface area contributed by atoms with Crippen LogP contribution in [-0.2, 0) is 0 Å². The molecule has 0 aliphatic rings. The summed E-state index contributed by atoms with van der Waals surface area (Å²) in [5.41, 5.74) is 0. The van der Waals surface area contributed by atoms with Crippen molar-refractivity contribution in [2.24, 2.45) is 0 Å². The molecule has 0 aromatic heterocycles. The Bertz CT molecular complexity index is 187. The molecule has 0 aromatic carbocycles. The molecule has 0 aliphatic carbocycles. The minimum absolute atomic E-state index is 0.116. The summed E-state index contributed by atoms with van der Waals surface area (Å²) in [6, 6.07) is 0. The van der Waals surface area contributed by atoms with Gasteiger partial charge in [0, 0.05) is 6.61 Å². The van der Waals surface area contributed by atoms with Crippen molar-refractivity contribution < 1.29 is 15.3 Å². The Labute approximate surface area is 91.8 Å². The minimum Gasteiger partial charge on any atom is -0.396 e. The number of aliphatic hydroxyl groups excluding tert-OH is 3. The maximum Gasteiger partial charge on any atom is 0.0755 e. The Morgan fingerprint density at radius 3 is 2.47 bits per heavy atom. The van der Waals surface area contributed by atoms with Crippen LogP contribution in [0, 0.1) is 0 Å². The SMILES string of the molecule is C/C=C/C[C@@H](O)/C=C/C[C@H](O)CCCO. The second kappa shape index (κ2) is 9.90. The molecular weight excluding hydrogens is 192 g/mol. The highest BCUT2D eigenvalue weighted by molar-refractivity contribution is 4.94. The van der Waals surface area contributed by atoms with Crippen LogP contribution in [0.15, 0.2) is 24.3 Å². The summed E-state index contributed by atoms with van der Waals surface area (Å²) >= 11 is 0. The number of rotatable bonds is 8. The van der Waals surface area contributed by atoms with Crippen molar-refractivity contribution in [2.45, 2.75) is 44.8 Å². The largest absolute Gasteiger partial charge is 0.396 e. The molecule has 0 bridgehead atoms. The molecule has 88 valence electrons. The second-order valence-electron chi connectivity index (χ2n) is 3.56. The smallest absolute Gasteiger partial charge is 0.0755 e. The van der Waals surface area contributed by atoms with Gasteiger partial charge in [-0.25, -0.2) is 0 Å². The van der Waals surface area contributed by atoms with E-state index in [1.165, 1.54) is 0 Å². The number of hydrogen-bond acceptors (Lipinski definition) is 3. The molecule has 3 N–H and O–H groups in total. The van der Waals surface area contributed by atoms with E-state index in [0.717, 1.165) is 0 Å². The second-order valence-corrected chi connectivity index (χ2v) is 3.56. The van der Waals surface area contributed by atoms with Crippen LogP contribution in [0.1, 0.15) is 32.6 Å². The van der Waals surface area contributed by atoms with Crippen molar-refractivity contribution in [1.82, 2.24) is 0 Å². The summed E-state index contributed by atoms with van der Waals surface area (Å²) in [7, 11) is 0. The van der Waals surface area contributed by atoms with Gasteiger partial charge in [-0.1, -0.05) is 24.3 Å². The lowest BCUT2D eigenvalue weighted by Gasteiger charge is -2.06. The molecule has 0 radical (unpaired) electrons. The lowest BCUT2D eigenvalue weighted by Crippen LogP contribution is -2.06. The Balaban J connectivity index is 3.58. The first-order chi connectivity index (χ1) is 7.20. The average molecular weight is 214 g/mol. The van der Waals surface area contributed by atoms with Crippen LogP contribution in [0.2, 0.25) is 0 Å². The van der Waals surface area contributed by atoms with Crippen molar-refractivity contribution in [3.63, 3.8) is 0 Å². The van der Waals surface area contributed by atoms with E-state index in [4.69, 9.17) is 5.11 Å². The van der Waals surface area contributed by atoms with Crippen LogP contribution in [0.5, 0.6) is 0 Å². The molecule has 0 heterocycles. The van der Waals surface area contributed by atoms with Gasteiger partial charge in [-0.05, 0) is 32.6 Å². The number of hydrogen-bond donors (Lipinski definition) is 3. The van der Waals surface area contributed by atoms with Gasteiger partial charge in [-0.3, -0.25) is 0 Å². The fourth-order valence-corrected chi connectivity index (χ4v) is 1.19. The van der Waals surface area contributed by atoms with Gasteiger partial charge in [0.15, 0.2) is 0 Å². The first kappa shape index (κ1) is 14.4. The molecule has 0 saturated heterocycles. The normalized spacial score (nSPS) is 16.3. The van der Waals surface area contributed by atoms with Gasteiger partial charge in [0.05, 0.1) is 12.2 Å². The van der Waals surface area contributed by atoms with Crippen LogP contribution in [0.25, 0.3) is 0 Å².